The molecule has 2 N–H and O–H groups in total. The van der Waals surface area contributed by atoms with Crippen LogP contribution in [0.5, 0.6) is 11.5 Å². The van der Waals surface area contributed by atoms with Crippen molar-refractivity contribution < 1.29 is 9.47 Å². The highest BCUT2D eigenvalue weighted by Gasteiger charge is 2.16. The second-order valence-electron chi connectivity index (χ2n) is 3.04. The summed E-state index contributed by atoms with van der Waals surface area (Å²) in [5.41, 5.74) is 6.62. The topological polar surface area (TPSA) is 68.3 Å². The Bertz CT molecular complexity index is 349. The minimum Gasteiger partial charge on any atom is -0.496 e. The van der Waals surface area contributed by atoms with Gasteiger partial charge in [-0.05, 0) is 12.1 Å². The van der Waals surface area contributed by atoms with E-state index in [0.717, 1.165) is 5.56 Å². The molecule has 1 rings (SSSR count). The molecule has 0 amide bonds. The highest BCUT2D eigenvalue weighted by atomic mass is 16.5. The first-order valence-electron chi connectivity index (χ1n) is 4.58. The molecule has 0 aromatic heterocycles. The number of rotatable bonds is 4. The fourth-order valence-electron chi connectivity index (χ4n) is 1.45. The zero-order valence-corrected chi connectivity index (χ0v) is 8.86. The molecule has 0 aliphatic carbocycles. The number of hydrogen-bond acceptors (Lipinski definition) is 4. The lowest BCUT2D eigenvalue weighted by Crippen LogP contribution is -2.12. The lowest BCUT2D eigenvalue weighted by atomic mass is 10.0. The third-order valence-corrected chi connectivity index (χ3v) is 2.15. The van der Waals surface area contributed by atoms with Crippen molar-refractivity contribution in [3.8, 4) is 17.6 Å². The minimum absolute atomic E-state index is 0.233. The molecular formula is C11H14N2O2. The summed E-state index contributed by atoms with van der Waals surface area (Å²) in [5.74, 6) is 1.30. The maximum absolute atomic E-state index is 8.61. The van der Waals surface area contributed by atoms with Gasteiger partial charge < -0.3 is 15.2 Å². The average molecular weight is 206 g/mol. The van der Waals surface area contributed by atoms with Gasteiger partial charge in [0.05, 0.1) is 38.3 Å². The van der Waals surface area contributed by atoms with E-state index in [1.165, 1.54) is 0 Å². The Morgan fingerprint density at radius 1 is 1.33 bits per heavy atom. The van der Waals surface area contributed by atoms with E-state index in [-0.39, 0.29) is 12.5 Å². The van der Waals surface area contributed by atoms with E-state index in [9.17, 15) is 0 Å². The van der Waals surface area contributed by atoms with Gasteiger partial charge >= 0.3 is 0 Å². The number of methoxy groups -OCH3 is 2. The Morgan fingerprint density at radius 2 is 1.87 bits per heavy atom. The first-order chi connectivity index (χ1) is 7.24. The average Bonchev–Trinajstić information content (AvgIpc) is 2.28. The van der Waals surface area contributed by atoms with Gasteiger partial charge in [-0.3, -0.25) is 0 Å². The van der Waals surface area contributed by atoms with Crippen molar-refractivity contribution in [1.29, 1.82) is 5.26 Å². The number of nitrogens with zero attached hydrogens (tertiary/aromatic N) is 1. The third kappa shape index (κ3) is 2.39. The van der Waals surface area contributed by atoms with Gasteiger partial charge in [0, 0.05) is 0 Å². The van der Waals surface area contributed by atoms with E-state index in [1.807, 2.05) is 12.1 Å². The Balaban J connectivity index is 3.16. The summed E-state index contributed by atoms with van der Waals surface area (Å²) in [6.07, 6.45) is 0.233. The van der Waals surface area contributed by atoms with Crippen LogP contribution in [0.1, 0.15) is 18.0 Å². The fraction of sp³-hybridized carbons (Fsp3) is 0.364. The predicted octanol–water partition coefficient (Wildman–Crippen LogP) is 1.62. The maximum Gasteiger partial charge on any atom is 0.127 e. The molecule has 0 bridgehead atoms. The molecule has 0 aliphatic heterocycles. The molecule has 0 saturated carbocycles. The molecule has 0 spiro atoms. The molecule has 1 aromatic carbocycles. The van der Waals surface area contributed by atoms with Crippen molar-refractivity contribution in [3.63, 3.8) is 0 Å². The van der Waals surface area contributed by atoms with Crippen LogP contribution in [0.15, 0.2) is 18.2 Å². The Labute approximate surface area is 89.2 Å². The first-order valence-corrected chi connectivity index (χ1v) is 4.58. The normalized spacial score (nSPS) is 11.6. The van der Waals surface area contributed by atoms with Crippen LogP contribution in [0.25, 0.3) is 0 Å². The summed E-state index contributed by atoms with van der Waals surface area (Å²) in [6.45, 7) is 0. The lowest BCUT2D eigenvalue weighted by molar-refractivity contribution is 0.379. The highest BCUT2D eigenvalue weighted by molar-refractivity contribution is 5.47. The predicted molar refractivity (Wildman–Crippen MR) is 56.7 cm³/mol. The number of benzene rings is 1. The Morgan fingerprint density at radius 3 is 2.27 bits per heavy atom. The molecule has 80 valence electrons. The molecule has 1 atom stereocenters. The van der Waals surface area contributed by atoms with Crippen molar-refractivity contribution >= 4 is 0 Å². The number of nitriles is 1. The van der Waals surface area contributed by atoms with Crippen LogP contribution in [0.3, 0.4) is 0 Å². The summed E-state index contributed by atoms with van der Waals surface area (Å²) in [7, 11) is 3.13. The van der Waals surface area contributed by atoms with Gasteiger partial charge in [-0.15, -0.1) is 0 Å². The van der Waals surface area contributed by atoms with Gasteiger partial charge in [0.25, 0.3) is 0 Å². The molecule has 0 radical (unpaired) electrons. The van der Waals surface area contributed by atoms with Crippen LogP contribution < -0.4 is 15.2 Å². The summed E-state index contributed by atoms with van der Waals surface area (Å²) in [4.78, 5) is 0. The molecule has 0 heterocycles. The molecule has 0 saturated heterocycles. The fourth-order valence-corrected chi connectivity index (χ4v) is 1.45. The van der Waals surface area contributed by atoms with Crippen molar-refractivity contribution in [2.75, 3.05) is 14.2 Å². The quantitative estimate of drug-likeness (QED) is 0.812. The van der Waals surface area contributed by atoms with Crippen molar-refractivity contribution in [3.05, 3.63) is 23.8 Å². The Hall–Kier alpha value is -1.73. The SMILES string of the molecule is COc1cccc(OC)c1[C@H](N)CC#N. The molecular weight excluding hydrogens is 192 g/mol. The van der Waals surface area contributed by atoms with E-state index < -0.39 is 0 Å². The van der Waals surface area contributed by atoms with Gasteiger partial charge in [-0.1, -0.05) is 6.07 Å². The second kappa shape index (κ2) is 5.23. The van der Waals surface area contributed by atoms with Gasteiger partial charge in [0.1, 0.15) is 11.5 Å². The van der Waals surface area contributed by atoms with Crippen LogP contribution in [-0.4, -0.2) is 14.2 Å². The van der Waals surface area contributed by atoms with Gasteiger partial charge in [0.2, 0.25) is 0 Å². The monoisotopic (exact) mass is 206 g/mol. The standard InChI is InChI=1S/C11H14N2O2/c1-14-9-4-3-5-10(15-2)11(9)8(13)6-7-12/h3-5,8H,6,13H2,1-2H3/t8-/m1/s1. The van der Waals surface area contributed by atoms with E-state index in [4.69, 9.17) is 20.5 Å². The van der Waals surface area contributed by atoms with Gasteiger partial charge in [0.15, 0.2) is 0 Å². The van der Waals surface area contributed by atoms with Crippen molar-refractivity contribution in [2.45, 2.75) is 12.5 Å². The van der Waals surface area contributed by atoms with Crippen LogP contribution in [-0.2, 0) is 0 Å². The minimum atomic E-state index is -0.388. The third-order valence-electron chi connectivity index (χ3n) is 2.15. The molecule has 0 fully saturated rings. The second-order valence-corrected chi connectivity index (χ2v) is 3.04. The van der Waals surface area contributed by atoms with Crippen LogP contribution in [0.4, 0.5) is 0 Å². The van der Waals surface area contributed by atoms with Crippen molar-refractivity contribution in [2.24, 2.45) is 5.73 Å². The van der Waals surface area contributed by atoms with Crippen LogP contribution in [0, 0.1) is 11.3 Å². The van der Waals surface area contributed by atoms with Crippen LogP contribution in [0.2, 0.25) is 0 Å². The molecule has 0 unspecified atom stereocenters. The maximum atomic E-state index is 8.61. The summed E-state index contributed by atoms with van der Waals surface area (Å²) in [6, 6.07) is 7.07. The molecule has 0 aliphatic rings. The van der Waals surface area contributed by atoms with E-state index >= 15 is 0 Å². The Kier molecular flexibility index (Phi) is 3.95. The van der Waals surface area contributed by atoms with E-state index in [0.29, 0.717) is 11.5 Å². The largest absolute Gasteiger partial charge is 0.496 e. The molecule has 4 heteroatoms. The van der Waals surface area contributed by atoms with Crippen LogP contribution >= 0.6 is 0 Å². The number of hydrogen-bond donors (Lipinski definition) is 1. The van der Waals surface area contributed by atoms with E-state index in [1.54, 1.807) is 26.4 Å². The van der Waals surface area contributed by atoms with E-state index in [2.05, 4.69) is 0 Å². The first kappa shape index (κ1) is 11.3. The smallest absolute Gasteiger partial charge is 0.127 e. The van der Waals surface area contributed by atoms with Gasteiger partial charge in [-0.25, -0.2) is 0 Å². The summed E-state index contributed by atoms with van der Waals surface area (Å²) >= 11 is 0. The summed E-state index contributed by atoms with van der Waals surface area (Å²) in [5, 5.41) is 8.61. The molecule has 4 nitrogen and oxygen atoms in total. The lowest BCUT2D eigenvalue weighted by Gasteiger charge is -2.16. The van der Waals surface area contributed by atoms with Gasteiger partial charge in [-0.2, -0.15) is 5.26 Å². The van der Waals surface area contributed by atoms with Crippen molar-refractivity contribution in [1.82, 2.24) is 0 Å². The molecule has 1 aromatic rings. The molecule has 15 heavy (non-hydrogen) atoms. The zero-order chi connectivity index (χ0) is 11.3. The highest BCUT2D eigenvalue weighted by Crippen LogP contribution is 2.33. The number of nitrogens with two attached hydrogens (primary N) is 1. The number of ether oxygens (including phenoxy) is 2. The summed E-state index contributed by atoms with van der Waals surface area (Å²) < 4.78 is 10.4. The zero-order valence-electron chi connectivity index (χ0n) is 8.86.